The fourth-order valence-corrected chi connectivity index (χ4v) is 3.19. The molecule has 0 aliphatic heterocycles. The fraction of sp³-hybridized carbons (Fsp3) is 0.400. The van der Waals surface area contributed by atoms with Gasteiger partial charge in [-0.3, -0.25) is 0 Å². The van der Waals surface area contributed by atoms with Gasteiger partial charge < -0.3 is 5.73 Å². The highest BCUT2D eigenvalue weighted by Crippen LogP contribution is 2.22. The number of hydrogen-bond acceptors (Lipinski definition) is 3. The Labute approximate surface area is 105 Å². The molecule has 0 aliphatic carbocycles. The maximum atomic E-state index is 11.7. The number of rotatable bonds is 5. The number of halogens is 2. The van der Waals surface area contributed by atoms with Crippen molar-refractivity contribution in [2.75, 3.05) is 12.3 Å². The Hall–Kier alpha value is -0.290. The van der Waals surface area contributed by atoms with Crippen LogP contribution in [0.2, 0.25) is 10.0 Å². The second-order valence-electron chi connectivity index (χ2n) is 3.47. The molecule has 0 heterocycles. The van der Waals surface area contributed by atoms with Gasteiger partial charge >= 0.3 is 0 Å². The quantitative estimate of drug-likeness (QED) is 0.901. The highest BCUT2D eigenvalue weighted by atomic mass is 35.5. The highest BCUT2D eigenvalue weighted by Gasteiger charge is 2.13. The first-order valence-electron chi connectivity index (χ1n) is 4.79. The number of hydrogen-bond donors (Lipinski definition) is 1. The summed E-state index contributed by atoms with van der Waals surface area (Å²) in [6.45, 7) is 0.364. The molecule has 2 N–H and O–H groups in total. The van der Waals surface area contributed by atoms with Gasteiger partial charge in [0.25, 0.3) is 0 Å². The largest absolute Gasteiger partial charge is 0.330 e. The third kappa shape index (κ3) is 4.29. The second kappa shape index (κ2) is 5.87. The van der Waals surface area contributed by atoms with Crippen molar-refractivity contribution < 1.29 is 8.42 Å². The van der Waals surface area contributed by atoms with Gasteiger partial charge in [-0.25, -0.2) is 8.42 Å². The Morgan fingerprint density at radius 1 is 1.25 bits per heavy atom. The predicted molar refractivity (Wildman–Crippen MR) is 67.6 cm³/mol. The lowest BCUT2D eigenvalue weighted by molar-refractivity contribution is 0.593. The summed E-state index contributed by atoms with van der Waals surface area (Å²) in [5.41, 5.74) is 5.80. The zero-order chi connectivity index (χ0) is 12.2. The average molecular weight is 282 g/mol. The maximum Gasteiger partial charge on any atom is 0.154 e. The van der Waals surface area contributed by atoms with E-state index in [-0.39, 0.29) is 11.5 Å². The van der Waals surface area contributed by atoms with E-state index in [1.807, 2.05) is 0 Å². The van der Waals surface area contributed by atoms with Crippen LogP contribution >= 0.6 is 23.2 Å². The molecule has 0 fully saturated rings. The molecule has 0 amide bonds. The molecule has 6 heteroatoms. The number of benzene rings is 1. The molecule has 0 saturated heterocycles. The summed E-state index contributed by atoms with van der Waals surface area (Å²) >= 11 is 11.7. The van der Waals surface area contributed by atoms with Gasteiger partial charge in [-0.05, 0) is 36.7 Å². The third-order valence-electron chi connectivity index (χ3n) is 2.04. The van der Waals surface area contributed by atoms with E-state index in [9.17, 15) is 8.42 Å². The molecule has 0 radical (unpaired) electrons. The van der Waals surface area contributed by atoms with Crippen molar-refractivity contribution >= 4 is 33.0 Å². The van der Waals surface area contributed by atoms with E-state index in [0.717, 1.165) is 0 Å². The van der Waals surface area contributed by atoms with Crippen LogP contribution in [0.3, 0.4) is 0 Å². The van der Waals surface area contributed by atoms with E-state index in [0.29, 0.717) is 28.6 Å². The van der Waals surface area contributed by atoms with Crippen molar-refractivity contribution in [3.05, 3.63) is 33.8 Å². The van der Waals surface area contributed by atoms with Gasteiger partial charge in [-0.1, -0.05) is 23.2 Å². The third-order valence-corrected chi connectivity index (χ3v) is 4.31. The van der Waals surface area contributed by atoms with E-state index in [4.69, 9.17) is 28.9 Å². The Kier molecular flexibility index (Phi) is 5.05. The lowest BCUT2D eigenvalue weighted by atomic mass is 10.2. The molecular formula is C10H13Cl2NO2S. The Morgan fingerprint density at radius 2 is 1.94 bits per heavy atom. The Bertz CT molecular complexity index is 460. The summed E-state index contributed by atoms with van der Waals surface area (Å²) < 4.78 is 23.3. The first-order chi connectivity index (χ1) is 7.44. The van der Waals surface area contributed by atoms with Crippen LogP contribution in [0.5, 0.6) is 0 Å². The molecule has 1 aromatic rings. The monoisotopic (exact) mass is 281 g/mol. The van der Waals surface area contributed by atoms with Gasteiger partial charge in [0.1, 0.15) is 0 Å². The van der Waals surface area contributed by atoms with E-state index in [2.05, 4.69) is 0 Å². The van der Waals surface area contributed by atoms with Crippen molar-refractivity contribution in [3.8, 4) is 0 Å². The summed E-state index contributed by atoms with van der Waals surface area (Å²) in [4.78, 5) is 0. The molecule has 0 unspecified atom stereocenters. The van der Waals surface area contributed by atoms with Crippen molar-refractivity contribution in [1.82, 2.24) is 0 Å². The molecule has 0 saturated carbocycles. The molecule has 1 aromatic carbocycles. The van der Waals surface area contributed by atoms with Gasteiger partial charge in [0, 0.05) is 10.0 Å². The zero-order valence-corrected chi connectivity index (χ0v) is 10.9. The van der Waals surface area contributed by atoms with Crippen LogP contribution in [0.1, 0.15) is 12.0 Å². The number of sulfone groups is 1. The Morgan fingerprint density at radius 3 is 2.56 bits per heavy atom. The molecular weight excluding hydrogens is 269 g/mol. The van der Waals surface area contributed by atoms with Crippen LogP contribution in [0.15, 0.2) is 18.2 Å². The van der Waals surface area contributed by atoms with Crippen LogP contribution in [0, 0.1) is 0 Å². The summed E-state index contributed by atoms with van der Waals surface area (Å²) in [7, 11) is -3.16. The van der Waals surface area contributed by atoms with Crippen LogP contribution < -0.4 is 5.73 Å². The lowest BCUT2D eigenvalue weighted by Crippen LogP contribution is -2.13. The van der Waals surface area contributed by atoms with E-state index in [1.165, 1.54) is 0 Å². The molecule has 90 valence electrons. The van der Waals surface area contributed by atoms with Gasteiger partial charge in [-0.15, -0.1) is 0 Å². The van der Waals surface area contributed by atoms with Crippen LogP contribution in [0.25, 0.3) is 0 Å². The van der Waals surface area contributed by atoms with Crippen LogP contribution in [-0.2, 0) is 15.6 Å². The maximum absolute atomic E-state index is 11.7. The predicted octanol–water partition coefficient (Wildman–Crippen LogP) is 2.26. The zero-order valence-electron chi connectivity index (χ0n) is 8.62. The number of nitrogens with two attached hydrogens (primary N) is 1. The minimum Gasteiger partial charge on any atom is -0.330 e. The summed E-state index contributed by atoms with van der Waals surface area (Å²) in [5, 5.41) is 0.897. The molecule has 0 atom stereocenters. The summed E-state index contributed by atoms with van der Waals surface area (Å²) in [5.74, 6) is -0.0151. The topological polar surface area (TPSA) is 60.2 Å². The average Bonchev–Trinajstić information content (AvgIpc) is 2.20. The highest BCUT2D eigenvalue weighted by molar-refractivity contribution is 7.90. The van der Waals surface area contributed by atoms with E-state index >= 15 is 0 Å². The molecule has 1 rings (SSSR count). The van der Waals surface area contributed by atoms with Crippen molar-refractivity contribution in [2.24, 2.45) is 5.73 Å². The molecule has 0 bridgehead atoms. The van der Waals surface area contributed by atoms with Crippen LogP contribution in [-0.4, -0.2) is 20.7 Å². The smallest absolute Gasteiger partial charge is 0.154 e. The standard InChI is InChI=1S/C10H13Cl2NO2S/c11-9-2-3-10(12)8(6-9)7-16(14,15)5-1-4-13/h2-3,6H,1,4-5,7,13H2. The van der Waals surface area contributed by atoms with E-state index < -0.39 is 9.84 Å². The van der Waals surface area contributed by atoms with Crippen molar-refractivity contribution in [1.29, 1.82) is 0 Å². The minimum atomic E-state index is -3.16. The molecule has 0 aliphatic rings. The fourth-order valence-electron chi connectivity index (χ4n) is 1.27. The van der Waals surface area contributed by atoms with Crippen LogP contribution in [0.4, 0.5) is 0 Å². The lowest BCUT2D eigenvalue weighted by Gasteiger charge is -2.06. The molecule has 0 aromatic heterocycles. The summed E-state index contributed by atoms with van der Waals surface area (Å²) in [6, 6.07) is 4.79. The van der Waals surface area contributed by atoms with Gasteiger partial charge in [-0.2, -0.15) is 0 Å². The van der Waals surface area contributed by atoms with Crippen molar-refractivity contribution in [3.63, 3.8) is 0 Å². The molecule has 16 heavy (non-hydrogen) atoms. The van der Waals surface area contributed by atoms with Gasteiger partial charge in [0.2, 0.25) is 0 Å². The molecule has 0 spiro atoms. The van der Waals surface area contributed by atoms with Crippen molar-refractivity contribution in [2.45, 2.75) is 12.2 Å². The van der Waals surface area contributed by atoms with Gasteiger partial charge in [0.05, 0.1) is 11.5 Å². The Balaban J connectivity index is 2.83. The molecule has 3 nitrogen and oxygen atoms in total. The SMILES string of the molecule is NCCCS(=O)(=O)Cc1cc(Cl)ccc1Cl. The first-order valence-corrected chi connectivity index (χ1v) is 7.37. The summed E-state index contributed by atoms with van der Waals surface area (Å²) in [6.07, 6.45) is 0.459. The first kappa shape index (κ1) is 13.8. The normalized spacial score (nSPS) is 11.7. The van der Waals surface area contributed by atoms with E-state index in [1.54, 1.807) is 18.2 Å². The second-order valence-corrected chi connectivity index (χ2v) is 6.50. The minimum absolute atomic E-state index is 0.0757. The van der Waals surface area contributed by atoms with Gasteiger partial charge in [0.15, 0.2) is 9.84 Å².